The molecule has 0 radical (unpaired) electrons. The summed E-state index contributed by atoms with van der Waals surface area (Å²) in [6.07, 6.45) is 3.06. The van der Waals surface area contributed by atoms with Crippen molar-refractivity contribution in [2.45, 2.75) is 18.9 Å². The number of hydrogen-bond acceptors (Lipinski definition) is 4. The molecule has 1 unspecified atom stereocenters. The number of benzene rings is 1. The lowest BCUT2D eigenvalue weighted by Crippen LogP contribution is -2.15. The van der Waals surface area contributed by atoms with E-state index in [2.05, 4.69) is 5.32 Å². The second kappa shape index (κ2) is 5.19. The van der Waals surface area contributed by atoms with Gasteiger partial charge in [0.05, 0.1) is 14.2 Å². The summed E-state index contributed by atoms with van der Waals surface area (Å²) < 4.78 is 10.5. The van der Waals surface area contributed by atoms with Gasteiger partial charge in [-0.1, -0.05) is 0 Å². The molecular formula is C13H17NO3. The summed E-state index contributed by atoms with van der Waals surface area (Å²) >= 11 is 0. The quantitative estimate of drug-likeness (QED) is 0.810. The summed E-state index contributed by atoms with van der Waals surface area (Å²) in [5.74, 6) is 1.26. The van der Waals surface area contributed by atoms with Crippen LogP contribution in [0.3, 0.4) is 0 Å². The number of nitrogens with one attached hydrogen (secondary N) is 1. The van der Waals surface area contributed by atoms with Crippen molar-refractivity contribution >= 4 is 6.29 Å². The highest BCUT2D eigenvalue weighted by Crippen LogP contribution is 2.35. The lowest BCUT2D eigenvalue weighted by molar-refractivity contribution is 0.112. The molecule has 0 saturated carbocycles. The first-order chi connectivity index (χ1) is 8.30. The van der Waals surface area contributed by atoms with Crippen molar-refractivity contribution in [3.63, 3.8) is 0 Å². The fourth-order valence-electron chi connectivity index (χ4n) is 2.26. The van der Waals surface area contributed by atoms with Crippen LogP contribution >= 0.6 is 0 Å². The van der Waals surface area contributed by atoms with Crippen LogP contribution in [0, 0.1) is 0 Å². The molecule has 1 fully saturated rings. The monoisotopic (exact) mass is 235 g/mol. The van der Waals surface area contributed by atoms with E-state index in [1.807, 2.05) is 6.07 Å². The fraction of sp³-hybridized carbons (Fsp3) is 0.462. The van der Waals surface area contributed by atoms with Gasteiger partial charge < -0.3 is 14.8 Å². The zero-order valence-corrected chi connectivity index (χ0v) is 10.2. The van der Waals surface area contributed by atoms with Crippen LogP contribution in [-0.2, 0) is 0 Å². The molecule has 0 spiro atoms. The van der Waals surface area contributed by atoms with E-state index in [1.165, 1.54) is 0 Å². The van der Waals surface area contributed by atoms with Crippen LogP contribution in [-0.4, -0.2) is 27.1 Å². The standard InChI is InChI=1S/C13H17NO3/c1-16-12-6-9(8-15)10(7-13(12)17-2)11-4-3-5-14-11/h6-8,11,14H,3-5H2,1-2H3. The van der Waals surface area contributed by atoms with Crippen molar-refractivity contribution in [2.75, 3.05) is 20.8 Å². The van der Waals surface area contributed by atoms with E-state index < -0.39 is 0 Å². The number of carbonyl (C=O) groups is 1. The Hall–Kier alpha value is -1.55. The van der Waals surface area contributed by atoms with Crippen LogP contribution < -0.4 is 14.8 Å². The van der Waals surface area contributed by atoms with Gasteiger partial charge in [-0.25, -0.2) is 0 Å². The number of methoxy groups -OCH3 is 2. The lowest BCUT2D eigenvalue weighted by Gasteiger charge is -2.16. The Labute approximate surface area is 101 Å². The maximum atomic E-state index is 11.1. The number of rotatable bonds is 4. The highest BCUT2D eigenvalue weighted by atomic mass is 16.5. The van der Waals surface area contributed by atoms with Gasteiger partial charge in [0.1, 0.15) is 0 Å². The predicted octanol–water partition coefficient (Wildman–Crippen LogP) is 1.94. The molecule has 4 nitrogen and oxygen atoms in total. The van der Waals surface area contributed by atoms with Crippen LogP contribution in [0.25, 0.3) is 0 Å². The van der Waals surface area contributed by atoms with E-state index in [0.29, 0.717) is 17.1 Å². The summed E-state index contributed by atoms with van der Waals surface area (Å²) in [5, 5.41) is 3.38. The van der Waals surface area contributed by atoms with Crippen LogP contribution in [0.5, 0.6) is 11.5 Å². The van der Waals surface area contributed by atoms with Crippen LogP contribution in [0.15, 0.2) is 12.1 Å². The predicted molar refractivity (Wildman–Crippen MR) is 64.9 cm³/mol. The number of hydrogen-bond donors (Lipinski definition) is 1. The molecule has 1 saturated heterocycles. The molecule has 1 aliphatic rings. The third-order valence-corrected chi connectivity index (χ3v) is 3.15. The van der Waals surface area contributed by atoms with Gasteiger partial charge in [0.15, 0.2) is 17.8 Å². The SMILES string of the molecule is COc1cc(C=O)c(C2CCCN2)cc1OC. The smallest absolute Gasteiger partial charge is 0.161 e. The van der Waals surface area contributed by atoms with Crippen molar-refractivity contribution in [1.29, 1.82) is 0 Å². The Morgan fingerprint density at radius 2 is 2.00 bits per heavy atom. The van der Waals surface area contributed by atoms with Crippen LogP contribution in [0.4, 0.5) is 0 Å². The molecule has 0 amide bonds. The second-order valence-corrected chi connectivity index (χ2v) is 4.10. The Morgan fingerprint density at radius 1 is 1.29 bits per heavy atom. The Kier molecular flexibility index (Phi) is 3.64. The maximum absolute atomic E-state index is 11.1. The van der Waals surface area contributed by atoms with E-state index in [-0.39, 0.29) is 6.04 Å². The molecule has 1 aliphatic heterocycles. The van der Waals surface area contributed by atoms with Gasteiger partial charge in [0.25, 0.3) is 0 Å². The maximum Gasteiger partial charge on any atom is 0.161 e. The van der Waals surface area contributed by atoms with Crippen molar-refractivity contribution < 1.29 is 14.3 Å². The van der Waals surface area contributed by atoms with Crippen LogP contribution in [0.1, 0.15) is 34.8 Å². The lowest BCUT2D eigenvalue weighted by atomic mass is 9.99. The first kappa shape index (κ1) is 11.9. The van der Waals surface area contributed by atoms with Gasteiger partial charge in [-0.3, -0.25) is 4.79 Å². The zero-order chi connectivity index (χ0) is 12.3. The molecule has 1 atom stereocenters. The highest BCUT2D eigenvalue weighted by Gasteiger charge is 2.21. The average Bonchev–Trinajstić information content (AvgIpc) is 2.90. The molecule has 1 aromatic carbocycles. The van der Waals surface area contributed by atoms with Gasteiger partial charge in [-0.15, -0.1) is 0 Å². The second-order valence-electron chi connectivity index (χ2n) is 4.10. The third kappa shape index (κ3) is 2.26. The van der Waals surface area contributed by atoms with Gasteiger partial charge in [-0.05, 0) is 37.1 Å². The van der Waals surface area contributed by atoms with Gasteiger partial charge >= 0.3 is 0 Å². The molecule has 0 aliphatic carbocycles. The van der Waals surface area contributed by atoms with Crippen molar-refractivity contribution in [3.05, 3.63) is 23.3 Å². The molecule has 92 valence electrons. The molecule has 0 bridgehead atoms. The normalized spacial score (nSPS) is 19.1. The minimum atomic E-state index is 0.245. The molecule has 1 aromatic rings. The molecule has 1 heterocycles. The van der Waals surface area contributed by atoms with E-state index in [1.54, 1.807) is 20.3 Å². The van der Waals surface area contributed by atoms with Crippen LogP contribution in [0.2, 0.25) is 0 Å². The van der Waals surface area contributed by atoms with Gasteiger partial charge in [-0.2, -0.15) is 0 Å². The minimum absolute atomic E-state index is 0.245. The summed E-state index contributed by atoms with van der Waals surface area (Å²) in [7, 11) is 3.17. The summed E-state index contributed by atoms with van der Waals surface area (Å²) in [6, 6.07) is 3.88. The first-order valence-electron chi connectivity index (χ1n) is 5.74. The topological polar surface area (TPSA) is 47.6 Å². The summed E-state index contributed by atoms with van der Waals surface area (Å²) in [4.78, 5) is 11.1. The largest absolute Gasteiger partial charge is 0.493 e. The van der Waals surface area contributed by atoms with E-state index in [4.69, 9.17) is 9.47 Å². The van der Waals surface area contributed by atoms with Crippen molar-refractivity contribution in [3.8, 4) is 11.5 Å². The Bertz CT molecular complexity index is 411. The van der Waals surface area contributed by atoms with E-state index >= 15 is 0 Å². The molecule has 0 aromatic heterocycles. The number of ether oxygens (including phenoxy) is 2. The summed E-state index contributed by atoms with van der Waals surface area (Å²) in [6.45, 7) is 0.997. The zero-order valence-electron chi connectivity index (χ0n) is 10.2. The van der Waals surface area contributed by atoms with E-state index in [0.717, 1.165) is 31.2 Å². The average molecular weight is 235 g/mol. The van der Waals surface area contributed by atoms with Gasteiger partial charge in [0, 0.05) is 11.6 Å². The first-order valence-corrected chi connectivity index (χ1v) is 5.74. The van der Waals surface area contributed by atoms with Crippen molar-refractivity contribution in [1.82, 2.24) is 5.32 Å². The number of aldehydes is 1. The molecule has 4 heteroatoms. The molecule has 17 heavy (non-hydrogen) atoms. The van der Waals surface area contributed by atoms with Gasteiger partial charge in [0.2, 0.25) is 0 Å². The molecule has 2 rings (SSSR count). The third-order valence-electron chi connectivity index (χ3n) is 3.15. The van der Waals surface area contributed by atoms with Crippen molar-refractivity contribution in [2.24, 2.45) is 0 Å². The Balaban J connectivity index is 2.45. The fourth-order valence-corrected chi connectivity index (χ4v) is 2.26. The Morgan fingerprint density at radius 3 is 2.53 bits per heavy atom. The molecular weight excluding hydrogens is 218 g/mol. The van der Waals surface area contributed by atoms with E-state index in [9.17, 15) is 4.79 Å². The summed E-state index contributed by atoms with van der Waals surface area (Å²) in [5.41, 5.74) is 1.66. The minimum Gasteiger partial charge on any atom is -0.493 e. The highest BCUT2D eigenvalue weighted by molar-refractivity contribution is 5.79. The number of carbonyl (C=O) groups excluding carboxylic acids is 1. The molecule has 1 N–H and O–H groups in total.